The molecule has 2 aromatic carbocycles. The zero-order chi connectivity index (χ0) is 14.8. The maximum Gasteiger partial charge on any atom is 0.119 e. The van der Waals surface area contributed by atoms with Gasteiger partial charge < -0.3 is 4.74 Å². The molecular weight excluding hydrogens is 324 g/mol. The first kappa shape index (κ1) is 15.8. The number of halogens is 1. The first-order valence-electron chi connectivity index (χ1n) is 7.41. The molecule has 0 heterocycles. The number of hydrogen-bond donors (Lipinski definition) is 0. The third kappa shape index (κ3) is 6.63. The lowest BCUT2D eigenvalue weighted by Crippen LogP contribution is -1.96. The van der Waals surface area contributed by atoms with Gasteiger partial charge in [-0.2, -0.15) is 0 Å². The van der Waals surface area contributed by atoms with E-state index in [1.54, 1.807) is 0 Å². The molecule has 0 unspecified atom stereocenters. The summed E-state index contributed by atoms with van der Waals surface area (Å²) < 4.78 is 6.96. The van der Waals surface area contributed by atoms with Crippen LogP contribution in [0, 0.1) is 0 Å². The molecule has 2 heteroatoms. The minimum absolute atomic E-state index is 0.756. The van der Waals surface area contributed by atoms with Gasteiger partial charge in [-0.15, -0.1) is 0 Å². The highest BCUT2D eigenvalue weighted by molar-refractivity contribution is 9.11. The molecule has 0 aromatic heterocycles. The highest BCUT2D eigenvalue weighted by Crippen LogP contribution is 2.16. The number of rotatable bonds is 8. The lowest BCUT2D eigenvalue weighted by Gasteiger charge is -2.05. The minimum Gasteiger partial charge on any atom is -0.494 e. The Morgan fingerprint density at radius 3 is 2.33 bits per heavy atom. The Kier molecular flexibility index (Phi) is 7.10. The van der Waals surface area contributed by atoms with Crippen LogP contribution in [0.5, 0.6) is 5.75 Å². The second kappa shape index (κ2) is 9.41. The topological polar surface area (TPSA) is 9.23 Å². The highest BCUT2D eigenvalue weighted by Gasteiger charge is 1.96. The maximum absolute atomic E-state index is 5.68. The number of aryl methyl sites for hydroxylation is 1. The van der Waals surface area contributed by atoms with Gasteiger partial charge in [0.25, 0.3) is 0 Å². The summed E-state index contributed by atoms with van der Waals surface area (Å²) in [6.45, 7) is 0.756. The van der Waals surface area contributed by atoms with Crippen molar-refractivity contribution in [3.63, 3.8) is 0 Å². The molecule has 0 atom stereocenters. The predicted octanol–water partition coefficient (Wildman–Crippen LogP) is 5.76. The molecule has 0 bridgehead atoms. The smallest absolute Gasteiger partial charge is 0.119 e. The summed E-state index contributed by atoms with van der Waals surface area (Å²) in [6, 6.07) is 20.6. The summed E-state index contributed by atoms with van der Waals surface area (Å²) in [4.78, 5) is 0. The molecule has 0 aliphatic rings. The molecule has 0 aliphatic carbocycles. The molecule has 2 aromatic rings. The van der Waals surface area contributed by atoms with E-state index < -0.39 is 0 Å². The molecule has 0 aliphatic heterocycles. The second-order valence-electron chi connectivity index (χ2n) is 4.94. The molecule has 1 nitrogen and oxygen atoms in total. The first-order chi connectivity index (χ1) is 10.3. The molecule has 0 fully saturated rings. The Hall–Kier alpha value is -1.54. The lowest BCUT2D eigenvalue weighted by molar-refractivity contribution is 0.312. The van der Waals surface area contributed by atoms with Gasteiger partial charge in [0, 0.05) is 0 Å². The molecule has 0 spiro atoms. The Labute approximate surface area is 135 Å². The van der Waals surface area contributed by atoms with Crippen molar-refractivity contribution in [1.29, 1.82) is 0 Å². The van der Waals surface area contributed by atoms with Crippen LogP contribution in [-0.2, 0) is 6.42 Å². The molecule has 21 heavy (non-hydrogen) atoms. The van der Waals surface area contributed by atoms with Gasteiger partial charge in [0.2, 0.25) is 0 Å². The average Bonchev–Trinajstić information content (AvgIpc) is 2.54. The Morgan fingerprint density at radius 2 is 1.62 bits per heavy atom. The largest absolute Gasteiger partial charge is 0.494 e. The van der Waals surface area contributed by atoms with Crippen LogP contribution in [0.15, 0.2) is 71.2 Å². The van der Waals surface area contributed by atoms with Gasteiger partial charge in [0.1, 0.15) is 5.75 Å². The van der Waals surface area contributed by atoms with E-state index in [0.29, 0.717) is 0 Å². The van der Waals surface area contributed by atoms with Crippen molar-refractivity contribution < 1.29 is 4.74 Å². The van der Waals surface area contributed by atoms with Crippen molar-refractivity contribution in [3.8, 4) is 5.75 Å². The van der Waals surface area contributed by atoms with Crippen molar-refractivity contribution in [2.24, 2.45) is 0 Å². The maximum atomic E-state index is 5.68. The second-order valence-corrected chi connectivity index (χ2v) is 5.96. The minimum atomic E-state index is 0.756. The van der Waals surface area contributed by atoms with Crippen molar-refractivity contribution in [2.75, 3.05) is 6.61 Å². The summed E-state index contributed by atoms with van der Waals surface area (Å²) in [5, 5.41) is 0. The van der Waals surface area contributed by atoms with Crippen LogP contribution >= 0.6 is 15.9 Å². The summed E-state index contributed by atoms with van der Waals surface area (Å²) in [5.74, 6) is 0.946. The quantitative estimate of drug-likeness (QED) is 0.553. The van der Waals surface area contributed by atoms with E-state index in [2.05, 4.69) is 52.3 Å². The number of ether oxygens (including phenoxy) is 1. The number of hydrogen-bond acceptors (Lipinski definition) is 1. The Balaban J connectivity index is 1.60. The van der Waals surface area contributed by atoms with Crippen LogP contribution in [0.3, 0.4) is 0 Å². The molecule has 110 valence electrons. The van der Waals surface area contributed by atoms with Gasteiger partial charge in [0.05, 0.1) is 6.61 Å². The van der Waals surface area contributed by atoms with Crippen LogP contribution in [0.4, 0.5) is 0 Å². The zero-order valence-corrected chi connectivity index (χ0v) is 13.8. The molecule has 2 rings (SSSR count). The van der Waals surface area contributed by atoms with Gasteiger partial charge in [-0.05, 0) is 47.9 Å². The normalized spacial score (nSPS) is 11.4. The van der Waals surface area contributed by atoms with E-state index in [1.807, 2.05) is 30.3 Å². The van der Waals surface area contributed by atoms with E-state index in [0.717, 1.165) is 38.0 Å². The molecule has 0 radical (unpaired) electrons. The van der Waals surface area contributed by atoms with Crippen LogP contribution in [0.25, 0.3) is 0 Å². The lowest BCUT2D eigenvalue weighted by atomic mass is 10.1. The van der Waals surface area contributed by atoms with E-state index in [9.17, 15) is 0 Å². The third-order valence-corrected chi connectivity index (χ3v) is 3.93. The summed E-state index contributed by atoms with van der Waals surface area (Å²) in [5.41, 5.74) is 1.39. The van der Waals surface area contributed by atoms with Gasteiger partial charge in [-0.3, -0.25) is 0 Å². The fourth-order valence-corrected chi connectivity index (χ4v) is 2.60. The van der Waals surface area contributed by atoms with Crippen molar-refractivity contribution in [3.05, 3.63) is 76.8 Å². The van der Waals surface area contributed by atoms with E-state index in [-0.39, 0.29) is 0 Å². The van der Waals surface area contributed by atoms with Crippen molar-refractivity contribution in [2.45, 2.75) is 25.7 Å². The van der Waals surface area contributed by atoms with Crippen LogP contribution in [-0.4, -0.2) is 6.61 Å². The van der Waals surface area contributed by atoms with Gasteiger partial charge in [-0.25, -0.2) is 0 Å². The number of allylic oxidation sites excluding steroid dienone is 2. The van der Waals surface area contributed by atoms with Gasteiger partial charge in [0.15, 0.2) is 0 Å². The fraction of sp³-hybridized carbons (Fsp3) is 0.263. The standard InChI is InChI=1S/C19H21BrO/c20-18(12-7-11-17-9-3-1-4-10-17)13-8-16-21-19-14-5-2-6-15-19/h1-6,9-10,12,14-15H,7-8,11,13,16H2/b18-12+. The van der Waals surface area contributed by atoms with Gasteiger partial charge in [-0.1, -0.05) is 70.5 Å². The highest BCUT2D eigenvalue weighted by atomic mass is 79.9. The Bertz CT molecular complexity index is 534. The summed E-state index contributed by atoms with van der Waals surface area (Å²) in [7, 11) is 0. The van der Waals surface area contributed by atoms with Gasteiger partial charge >= 0.3 is 0 Å². The molecule has 0 saturated heterocycles. The van der Waals surface area contributed by atoms with Crippen molar-refractivity contribution in [1.82, 2.24) is 0 Å². The fourth-order valence-electron chi connectivity index (χ4n) is 2.09. The number of benzene rings is 2. The van der Waals surface area contributed by atoms with Crippen LogP contribution in [0.2, 0.25) is 0 Å². The predicted molar refractivity (Wildman–Crippen MR) is 92.9 cm³/mol. The number of para-hydroxylation sites is 1. The van der Waals surface area contributed by atoms with E-state index >= 15 is 0 Å². The zero-order valence-electron chi connectivity index (χ0n) is 12.2. The molecular formula is C19H21BrO. The SMILES string of the molecule is Br/C(=C/CCc1ccccc1)CCCOc1ccccc1. The van der Waals surface area contributed by atoms with E-state index in [4.69, 9.17) is 4.74 Å². The van der Waals surface area contributed by atoms with E-state index in [1.165, 1.54) is 10.0 Å². The van der Waals surface area contributed by atoms with Crippen LogP contribution in [0.1, 0.15) is 24.8 Å². The molecule has 0 saturated carbocycles. The van der Waals surface area contributed by atoms with Crippen molar-refractivity contribution >= 4 is 15.9 Å². The Morgan fingerprint density at radius 1 is 0.952 bits per heavy atom. The summed E-state index contributed by atoms with van der Waals surface area (Å²) >= 11 is 3.64. The molecule has 0 N–H and O–H groups in total. The average molecular weight is 345 g/mol. The summed E-state index contributed by atoms with van der Waals surface area (Å²) in [6.07, 6.45) is 6.50. The first-order valence-corrected chi connectivity index (χ1v) is 8.20. The van der Waals surface area contributed by atoms with Crippen LogP contribution < -0.4 is 4.74 Å². The monoisotopic (exact) mass is 344 g/mol. The molecule has 0 amide bonds. The third-order valence-electron chi connectivity index (χ3n) is 3.21.